The summed E-state index contributed by atoms with van der Waals surface area (Å²) in [7, 11) is 0. The molecule has 13 heteroatoms. The Labute approximate surface area is 352 Å². The predicted molar refractivity (Wildman–Crippen MR) is 225 cm³/mol. The van der Waals surface area contributed by atoms with E-state index in [2.05, 4.69) is 0 Å². The molecule has 2 unspecified atom stereocenters. The second-order valence-corrected chi connectivity index (χ2v) is 15.4. The molecule has 5 aromatic rings. The Bertz CT molecular complexity index is 2420. The minimum Gasteiger partial charge on any atom is -0.508 e. The van der Waals surface area contributed by atoms with Gasteiger partial charge < -0.3 is 66.0 Å². The summed E-state index contributed by atoms with van der Waals surface area (Å²) < 4.78 is 5.91. The van der Waals surface area contributed by atoms with Gasteiger partial charge in [0.15, 0.2) is 0 Å². The number of aromatic hydroxyl groups is 5. The molecule has 0 amide bonds. The highest BCUT2D eigenvalue weighted by atomic mass is 16.5. The van der Waals surface area contributed by atoms with Gasteiger partial charge in [0.05, 0.1) is 59.0 Å². The third kappa shape index (κ3) is 10.4. The minimum atomic E-state index is -1.03. The van der Waals surface area contributed by atoms with Crippen molar-refractivity contribution >= 4 is 0 Å². The van der Waals surface area contributed by atoms with Crippen LogP contribution in [0.3, 0.4) is 0 Å². The minimum absolute atomic E-state index is 0.0319. The molecule has 0 fully saturated rings. The third-order valence-corrected chi connectivity index (χ3v) is 11.1. The lowest BCUT2D eigenvalue weighted by Crippen LogP contribution is -2.29. The van der Waals surface area contributed by atoms with Crippen LogP contribution in [0.15, 0.2) is 96.1 Å². The molecule has 0 spiro atoms. The van der Waals surface area contributed by atoms with E-state index in [-0.39, 0.29) is 105 Å². The maximum Gasteiger partial charge on any atom is 0.126 e. The number of para-hydroxylation sites is 1. The number of aliphatic hydroxyl groups is 7. The van der Waals surface area contributed by atoms with Crippen molar-refractivity contribution in [2.24, 2.45) is 5.92 Å². The van der Waals surface area contributed by atoms with Gasteiger partial charge in [0, 0.05) is 47.4 Å². The Balaban J connectivity index is 1.35. The number of rotatable bonds is 18. The summed E-state index contributed by atoms with van der Waals surface area (Å²) in [6.07, 6.45) is 2.72. The Morgan fingerprint density at radius 1 is 0.443 bits per heavy atom. The molecule has 0 heterocycles. The molecular weight excluding hydrogens is 785 g/mol. The van der Waals surface area contributed by atoms with E-state index in [0.29, 0.717) is 72.3 Å². The Hall–Kier alpha value is -5.74. The van der Waals surface area contributed by atoms with Crippen molar-refractivity contribution < 1.29 is 66.0 Å². The Morgan fingerprint density at radius 3 is 1.56 bits per heavy atom. The fourth-order valence-electron chi connectivity index (χ4n) is 7.89. The normalized spacial score (nSPS) is 15.2. The van der Waals surface area contributed by atoms with E-state index in [1.807, 2.05) is 0 Å². The van der Waals surface area contributed by atoms with E-state index in [1.165, 1.54) is 6.07 Å². The highest BCUT2D eigenvalue weighted by Crippen LogP contribution is 2.36. The lowest BCUT2D eigenvalue weighted by atomic mass is 9.88. The van der Waals surface area contributed by atoms with Crippen LogP contribution in [0.4, 0.5) is 0 Å². The second-order valence-electron chi connectivity index (χ2n) is 15.4. The summed E-state index contributed by atoms with van der Waals surface area (Å²) in [4.78, 5) is 0. The van der Waals surface area contributed by atoms with Crippen molar-refractivity contribution in [1.82, 2.24) is 0 Å². The van der Waals surface area contributed by atoms with E-state index in [9.17, 15) is 61.3 Å². The van der Waals surface area contributed by atoms with Gasteiger partial charge in [0.1, 0.15) is 28.7 Å². The smallest absolute Gasteiger partial charge is 0.126 e. The molecule has 12 N–H and O–H groups in total. The van der Waals surface area contributed by atoms with Crippen molar-refractivity contribution in [3.05, 3.63) is 168 Å². The van der Waals surface area contributed by atoms with E-state index < -0.39 is 25.2 Å². The topological polar surface area (TPSA) is 252 Å². The number of benzene rings is 5. The first-order valence-electron chi connectivity index (χ1n) is 19.8. The zero-order valence-electron chi connectivity index (χ0n) is 33.5. The average Bonchev–Trinajstić information content (AvgIpc) is 3.26. The van der Waals surface area contributed by atoms with E-state index in [1.54, 1.807) is 78.9 Å². The van der Waals surface area contributed by atoms with Gasteiger partial charge in [-0.3, -0.25) is 0 Å². The zero-order chi connectivity index (χ0) is 43.8. The summed E-state index contributed by atoms with van der Waals surface area (Å²) >= 11 is 0. The fraction of sp³-hybridized carbons (Fsp3) is 0.292. The molecule has 6 rings (SSSR count). The molecule has 5 aromatic carbocycles. The van der Waals surface area contributed by atoms with Crippen LogP contribution in [0.5, 0.6) is 28.7 Å². The summed E-state index contributed by atoms with van der Waals surface area (Å²) in [5.74, 6) is -1.14. The van der Waals surface area contributed by atoms with Crippen molar-refractivity contribution in [3.63, 3.8) is 0 Å². The van der Waals surface area contributed by atoms with E-state index in [0.717, 1.165) is 0 Å². The standard InChI is InChI=1S/C48H52O13/c49-19-27-4-5-43(55)34(7-27)18-37-9-28(6-29-12-39(23-53)47(59)41(14-29)25-61-26-42-16-31(20-50)15-40(24-54)48(42)60)8-35(45(37)57)10-30-11-36(46(58)38(13-30)22-52)17-32-2-1-3-33(21-51)44(32)56/h1-5,7-9,11-16,40,48-60H,6,10,17-26H2. The first kappa shape index (κ1) is 44.8. The summed E-state index contributed by atoms with van der Waals surface area (Å²) in [5.41, 5.74) is 6.94. The van der Waals surface area contributed by atoms with Crippen molar-refractivity contribution in [1.29, 1.82) is 0 Å². The van der Waals surface area contributed by atoms with Crippen LogP contribution in [0, 0.1) is 5.92 Å². The van der Waals surface area contributed by atoms with Crippen LogP contribution in [-0.2, 0) is 63.5 Å². The molecule has 0 aliphatic heterocycles. The first-order valence-corrected chi connectivity index (χ1v) is 19.8. The van der Waals surface area contributed by atoms with Gasteiger partial charge in [0.2, 0.25) is 0 Å². The number of hydrogen-bond donors (Lipinski definition) is 12. The fourth-order valence-corrected chi connectivity index (χ4v) is 7.89. The van der Waals surface area contributed by atoms with Crippen LogP contribution in [-0.4, -0.2) is 87.2 Å². The molecule has 13 nitrogen and oxygen atoms in total. The monoisotopic (exact) mass is 836 g/mol. The number of phenols is 5. The SMILES string of the molecule is OCC1=CC(CO)C(O)C(COCc2cc(Cc3cc(Cc4cc(CO)c(O)c(Cc5cccc(CO)c5O)c4)c(O)c(Cc4cc(CO)ccc4O)c3)cc(CO)c2O)=C1. The van der Waals surface area contributed by atoms with Crippen molar-refractivity contribution in [2.45, 2.75) is 64.8 Å². The van der Waals surface area contributed by atoms with Crippen LogP contribution in [0.25, 0.3) is 0 Å². The molecular formula is C48H52O13. The van der Waals surface area contributed by atoms with E-state index in [4.69, 9.17) is 4.74 Å². The number of phenolic OH excluding ortho intramolecular Hbond substituents is 2. The third-order valence-electron chi connectivity index (χ3n) is 11.1. The van der Waals surface area contributed by atoms with E-state index >= 15 is 0 Å². The number of ether oxygens (including phenoxy) is 1. The maximum absolute atomic E-state index is 11.8. The maximum atomic E-state index is 11.8. The highest BCUT2D eigenvalue weighted by Gasteiger charge is 2.25. The van der Waals surface area contributed by atoms with Crippen LogP contribution >= 0.6 is 0 Å². The van der Waals surface area contributed by atoms with Gasteiger partial charge in [0.25, 0.3) is 0 Å². The van der Waals surface area contributed by atoms with Crippen molar-refractivity contribution in [3.8, 4) is 28.7 Å². The molecule has 0 radical (unpaired) electrons. The average molecular weight is 837 g/mol. The van der Waals surface area contributed by atoms with Crippen LogP contribution in [0.1, 0.15) is 72.3 Å². The Kier molecular flexibility index (Phi) is 14.8. The zero-order valence-corrected chi connectivity index (χ0v) is 33.5. The van der Waals surface area contributed by atoms with Crippen LogP contribution in [0.2, 0.25) is 0 Å². The molecule has 0 bridgehead atoms. The lowest BCUT2D eigenvalue weighted by Gasteiger charge is -2.26. The van der Waals surface area contributed by atoms with Gasteiger partial charge in [-0.15, -0.1) is 0 Å². The highest BCUT2D eigenvalue weighted by molar-refractivity contribution is 5.54. The lowest BCUT2D eigenvalue weighted by molar-refractivity contribution is 0.0810. The summed E-state index contributed by atoms with van der Waals surface area (Å²) in [6, 6.07) is 19.9. The van der Waals surface area contributed by atoms with Gasteiger partial charge in [-0.25, -0.2) is 0 Å². The second kappa shape index (κ2) is 20.2. The quantitative estimate of drug-likeness (QED) is 0.0600. The van der Waals surface area contributed by atoms with Gasteiger partial charge in [-0.05, 0) is 98.0 Å². The Morgan fingerprint density at radius 2 is 0.951 bits per heavy atom. The summed E-state index contributed by atoms with van der Waals surface area (Å²) in [5, 5.41) is 126. The molecule has 61 heavy (non-hydrogen) atoms. The summed E-state index contributed by atoms with van der Waals surface area (Å²) in [6.45, 7) is -2.38. The number of hydrogen-bond acceptors (Lipinski definition) is 13. The molecule has 2 atom stereocenters. The largest absolute Gasteiger partial charge is 0.508 e. The van der Waals surface area contributed by atoms with Gasteiger partial charge in [-0.2, -0.15) is 0 Å². The molecule has 0 saturated heterocycles. The molecule has 0 saturated carbocycles. The van der Waals surface area contributed by atoms with Crippen molar-refractivity contribution in [2.75, 3.05) is 19.8 Å². The molecule has 0 aromatic heterocycles. The molecule has 1 aliphatic rings. The predicted octanol–water partition coefficient (Wildman–Crippen LogP) is 3.89. The van der Waals surface area contributed by atoms with Gasteiger partial charge in [-0.1, -0.05) is 54.6 Å². The molecule has 322 valence electrons. The molecule has 1 aliphatic carbocycles. The number of aliphatic hydroxyl groups excluding tert-OH is 7. The van der Waals surface area contributed by atoms with Crippen LogP contribution < -0.4 is 0 Å². The first-order chi connectivity index (χ1) is 29.4. The van der Waals surface area contributed by atoms with Gasteiger partial charge >= 0.3 is 0 Å².